The number of amides is 2. The predicted octanol–water partition coefficient (Wildman–Crippen LogP) is 2.16. The highest BCUT2D eigenvalue weighted by molar-refractivity contribution is 5.88. The molecule has 0 radical (unpaired) electrons. The number of carboxylic acids is 1. The number of nitrogens with one attached hydrogen (secondary N) is 1. The SMILES string of the molecule is O=C(N[C@H]1CCN([C@H]2CCCC[C@H]2C(=O)O)C1=O)OCc1ccccc1. The van der Waals surface area contributed by atoms with E-state index in [2.05, 4.69) is 5.32 Å². The Morgan fingerprint density at radius 3 is 2.62 bits per heavy atom. The van der Waals surface area contributed by atoms with Crippen LogP contribution < -0.4 is 5.32 Å². The van der Waals surface area contributed by atoms with Crippen LogP contribution in [0.15, 0.2) is 30.3 Å². The monoisotopic (exact) mass is 360 g/mol. The molecule has 7 heteroatoms. The second-order valence-electron chi connectivity index (χ2n) is 6.88. The fourth-order valence-corrected chi connectivity index (χ4v) is 3.84. The van der Waals surface area contributed by atoms with Gasteiger partial charge in [0.05, 0.1) is 5.92 Å². The number of carbonyl (C=O) groups excluding carboxylic acids is 2. The minimum absolute atomic E-state index is 0.140. The van der Waals surface area contributed by atoms with Gasteiger partial charge in [0.25, 0.3) is 0 Å². The number of alkyl carbamates (subject to hydrolysis) is 1. The third-order valence-electron chi connectivity index (χ3n) is 5.19. The zero-order valence-corrected chi connectivity index (χ0v) is 14.6. The topological polar surface area (TPSA) is 95.9 Å². The van der Waals surface area contributed by atoms with Crippen molar-refractivity contribution in [2.45, 2.75) is 50.8 Å². The minimum atomic E-state index is -0.846. The van der Waals surface area contributed by atoms with Crippen LogP contribution in [0.4, 0.5) is 4.79 Å². The van der Waals surface area contributed by atoms with Gasteiger partial charge in [0, 0.05) is 12.6 Å². The van der Waals surface area contributed by atoms with E-state index < -0.39 is 24.0 Å². The Hall–Kier alpha value is -2.57. The van der Waals surface area contributed by atoms with Gasteiger partial charge in [-0.15, -0.1) is 0 Å². The molecule has 2 aliphatic rings. The summed E-state index contributed by atoms with van der Waals surface area (Å²) in [5, 5.41) is 12.0. The molecule has 1 aliphatic heterocycles. The maximum Gasteiger partial charge on any atom is 0.408 e. The molecule has 140 valence electrons. The number of nitrogens with zero attached hydrogens (tertiary/aromatic N) is 1. The molecule has 1 aliphatic carbocycles. The molecule has 1 saturated carbocycles. The summed E-state index contributed by atoms with van der Waals surface area (Å²) in [6.45, 7) is 0.609. The number of benzene rings is 1. The number of likely N-dealkylation sites (tertiary alicyclic amines) is 1. The molecule has 1 heterocycles. The molecular weight excluding hydrogens is 336 g/mol. The minimum Gasteiger partial charge on any atom is -0.481 e. The van der Waals surface area contributed by atoms with Crippen LogP contribution in [-0.2, 0) is 20.9 Å². The summed E-state index contributed by atoms with van der Waals surface area (Å²) in [5.41, 5.74) is 0.869. The van der Waals surface area contributed by atoms with Crippen molar-refractivity contribution in [2.24, 2.45) is 5.92 Å². The molecule has 2 fully saturated rings. The Morgan fingerprint density at radius 2 is 1.88 bits per heavy atom. The molecule has 3 rings (SSSR count). The van der Waals surface area contributed by atoms with Crippen molar-refractivity contribution in [3.8, 4) is 0 Å². The number of hydrogen-bond donors (Lipinski definition) is 2. The summed E-state index contributed by atoms with van der Waals surface area (Å²) in [6.07, 6.45) is 2.95. The van der Waals surface area contributed by atoms with Crippen molar-refractivity contribution < 1.29 is 24.2 Å². The molecule has 1 saturated heterocycles. The van der Waals surface area contributed by atoms with Crippen molar-refractivity contribution in [1.82, 2.24) is 10.2 Å². The molecule has 26 heavy (non-hydrogen) atoms. The fourth-order valence-electron chi connectivity index (χ4n) is 3.84. The summed E-state index contributed by atoms with van der Waals surface area (Å²) < 4.78 is 5.16. The van der Waals surface area contributed by atoms with Crippen molar-refractivity contribution in [2.75, 3.05) is 6.54 Å². The average molecular weight is 360 g/mol. The van der Waals surface area contributed by atoms with Crippen molar-refractivity contribution in [1.29, 1.82) is 0 Å². The number of ether oxygens (including phenoxy) is 1. The summed E-state index contributed by atoms with van der Waals surface area (Å²) in [4.78, 5) is 37.7. The lowest BCUT2D eigenvalue weighted by Gasteiger charge is -2.35. The lowest BCUT2D eigenvalue weighted by Crippen LogP contribution is -2.49. The van der Waals surface area contributed by atoms with Gasteiger partial charge in [-0.05, 0) is 24.8 Å². The van der Waals surface area contributed by atoms with Gasteiger partial charge in [-0.2, -0.15) is 0 Å². The fraction of sp³-hybridized carbons (Fsp3) is 0.526. The second-order valence-corrected chi connectivity index (χ2v) is 6.88. The van der Waals surface area contributed by atoms with E-state index in [4.69, 9.17) is 4.74 Å². The number of carbonyl (C=O) groups is 3. The lowest BCUT2D eigenvalue weighted by atomic mass is 9.83. The first kappa shape index (κ1) is 18.2. The Balaban J connectivity index is 1.53. The Bertz CT molecular complexity index is 663. The molecule has 7 nitrogen and oxygen atoms in total. The Kier molecular flexibility index (Phi) is 5.75. The first-order valence-corrected chi connectivity index (χ1v) is 9.07. The van der Waals surface area contributed by atoms with Gasteiger partial charge in [-0.1, -0.05) is 43.2 Å². The van der Waals surface area contributed by atoms with Gasteiger partial charge >= 0.3 is 12.1 Å². The molecule has 3 atom stereocenters. The highest BCUT2D eigenvalue weighted by atomic mass is 16.5. The first-order valence-electron chi connectivity index (χ1n) is 9.07. The largest absolute Gasteiger partial charge is 0.481 e. The van der Waals surface area contributed by atoms with Gasteiger partial charge in [0.2, 0.25) is 5.91 Å². The highest BCUT2D eigenvalue weighted by Gasteiger charge is 2.42. The van der Waals surface area contributed by atoms with E-state index in [0.717, 1.165) is 18.4 Å². The predicted molar refractivity (Wildman–Crippen MR) is 93.3 cm³/mol. The van der Waals surface area contributed by atoms with Crippen molar-refractivity contribution >= 4 is 18.0 Å². The van der Waals surface area contributed by atoms with E-state index in [-0.39, 0.29) is 18.6 Å². The molecule has 1 aromatic carbocycles. The zero-order chi connectivity index (χ0) is 18.5. The standard InChI is InChI=1S/C19H24N2O5/c22-17-15(20-19(25)26-12-13-6-2-1-3-7-13)10-11-21(17)16-9-5-4-8-14(16)18(23)24/h1-3,6-7,14-16H,4-5,8-12H2,(H,20,25)(H,23,24)/t14-,15+,16+/m1/s1. The number of hydrogen-bond acceptors (Lipinski definition) is 4. The van der Waals surface area contributed by atoms with Crippen LogP contribution in [0, 0.1) is 5.92 Å². The third kappa shape index (κ3) is 4.15. The molecule has 0 spiro atoms. The summed E-state index contributed by atoms with van der Waals surface area (Å²) in [6, 6.07) is 8.38. The van der Waals surface area contributed by atoms with Gasteiger partial charge in [0.1, 0.15) is 12.6 Å². The smallest absolute Gasteiger partial charge is 0.408 e. The van der Waals surface area contributed by atoms with Crippen LogP contribution in [0.2, 0.25) is 0 Å². The van der Waals surface area contributed by atoms with Crippen LogP contribution in [0.3, 0.4) is 0 Å². The van der Waals surface area contributed by atoms with Crippen LogP contribution in [0.5, 0.6) is 0 Å². The molecule has 0 unspecified atom stereocenters. The molecule has 0 aromatic heterocycles. The summed E-state index contributed by atoms with van der Waals surface area (Å²) in [5.74, 6) is -1.57. The number of carboxylic acid groups (broad SMARTS) is 1. The first-order chi connectivity index (χ1) is 12.6. The molecule has 1 aromatic rings. The molecule has 0 bridgehead atoms. The van der Waals surface area contributed by atoms with Crippen LogP contribution >= 0.6 is 0 Å². The van der Waals surface area contributed by atoms with E-state index >= 15 is 0 Å². The molecular formula is C19H24N2O5. The van der Waals surface area contributed by atoms with Crippen LogP contribution in [0.25, 0.3) is 0 Å². The van der Waals surface area contributed by atoms with E-state index in [1.165, 1.54) is 0 Å². The van der Waals surface area contributed by atoms with Crippen molar-refractivity contribution in [3.63, 3.8) is 0 Å². The van der Waals surface area contributed by atoms with Gasteiger partial charge in [-0.25, -0.2) is 4.79 Å². The number of aliphatic carboxylic acids is 1. The third-order valence-corrected chi connectivity index (χ3v) is 5.19. The second kappa shape index (κ2) is 8.21. The van der Waals surface area contributed by atoms with E-state index in [1.54, 1.807) is 4.90 Å². The van der Waals surface area contributed by atoms with Crippen LogP contribution in [-0.4, -0.2) is 46.6 Å². The Morgan fingerprint density at radius 1 is 1.15 bits per heavy atom. The molecule has 2 N–H and O–H groups in total. The number of rotatable bonds is 5. The Labute approximate surface area is 152 Å². The normalized spacial score (nSPS) is 25.8. The van der Waals surface area contributed by atoms with Gasteiger partial charge in [-0.3, -0.25) is 9.59 Å². The maximum atomic E-state index is 12.6. The lowest BCUT2D eigenvalue weighted by molar-refractivity contribution is -0.147. The van der Waals surface area contributed by atoms with E-state index in [9.17, 15) is 19.5 Å². The summed E-state index contributed by atoms with van der Waals surface area (Å²) in [7, 11) is 0. The van der Waals surface area contributed by atoms with Crippen LogP contribution in [0.1, 0.15) is 37.7 Å². The average Bonchev–Trinajstić information content (AvgIpc) is 3.01. The van der Waals surface area contributed by atoms with Crippen molar-refractivity contribution in [3.05, 3.63) is 35.9 Å². The molecule has 2 amide bonds. The summed E-state index contributed by atoms with van der Waals surface area (Å²) >= 11 is 0. The van der Waals surface area contributed by atoms with E-state index in [0.29, 0.717) is 25.8 Å². The highest BCUT2D eigenvalue weighted by Crippen LogP contribution is 2.31. The maximum absolute atomic E-state index is 12.6. The van der Waals surface area contributed by atoms with Gasteiger partial charge < -0.3 is 20.1 Å². The van der Waals surface area contributed by atoms with E-state index in [1.807, 2.05) is 30.3 Å². The zero-order valence-electron chi connectivity index (χ0n) is 14.6. The quantitative estimate of drug-likeness (QED) is 0.839. The van der Waals surface area contributed by atoms with Gasteiger partial charge in [0.15, 0.2) is 0 Å².